The minimum absolute atomic E-state index is 0.0158. The molecule has 1 atom stereocenters. The summed E-state index contributed by atoms with van der Waals surface area (Å²) < 4.78 is 32.7. The van der Waals surface area contributed by atoms with Crippen LogP contribution < -0.4 is 10.0 Å². The first-order valence-electron chi connectivity index (χ1n) is 7.77. The quantitative estimate of drug-likeness (QED) is 0.477. The van der Waals surface area contributed by atoms with Gasteiger partial charge in [-0.05, 0) is 37.5 Å². The normalized spacial score (nSPS) is 17.8. The summed E-state index contributed by atoms with van der Waals surface area (Å²) in [6, 6.07) is 3.92. The lowest BCUT2D eigenvalue weighted by Crippen LogP contribution is -2.27. The van der Waals surface area contributed by atoms with Crippen LogP contribution in [0.25, 0.3) is 0 Å². The molecule has 9 heteroatoms. The number of aliphatic hydroxyl groups is 1. The summed E-state index contributed by atoms with van der Waals surface area (Å²) in [4.78, 5) is 11.0. The van der Waals surface area contributed by atoms with E-state index in [4.69, 9.17) is 14.9 Å². The van der Waals surface area contributed by atoms with Gasteiger partial charge in [0.15, 0.2) is 0 Å². The number of anilines is 1. The molecule has 1 aromatic carbocycles. The highest BCUT2D eigenvalue weighted by Gasteiger charge is 2.22. The molecule has 8 nitrogen and oxygen atoms in total. The first kappa shape index (κ1) is 18.7. The molecule has 134 valence electrons. The maximum Gasteiger partial charge on any atom is 0.335 e. The Hall–Kier alpha value is -1.68. The molecule has 0 saturated carbocycles. The van der Waals surface area contributed by atoms with E-state index in [0.29, 0.717) is 18.8 Å². The van der Waals surface area contributed by atoms with Gasteiger partial charge in [0.05, 0.1) is 17.4 Å². The third-order valence-electron chi connectivity index (χ3n) is 3.69. The van der Waals surface area contributed by atoms with E-state index < -0.39 is 16.0 Å². The Labute approximate surface area is 140 Å². The SMILES string of the molecule is O=C(O)c1ccc(NCC2CCCO2)c(S(=O)(=O)NCCCO)c1. The van der Waals surface area contributed by atoms with Gasteiger partial charge in [-0.1, -0.05) is 0 Å². The van der Waals surface area contributed by atoms with Crippen molar-refractivity contribution in [1.82, 2.24) is 4.72 Å². The molecule has 0 aromatic heterocycles. The number of nitrogens with one attached hydrogen (secondary N) is 2. The third-order valence-corrected chi connectivity index (χ3v) is 5.19. The van der Waals surface area contributed by atoms with Crippen molar-refractivity contribution in [1.29, 1.82) is 0 Å². The Bertz CT molecular complexity index is 671. The molecule has 1 saturated heterocycles. The second-order valence-corrected chi connectivity index (χ2v) is 7.24. The number of hydrogen-bond acceptors (Lipinski definition) is 6. The van der Waals surface area contributed by atoms with Gasteiger partial charge >= 0.3 is 5.97 Å². The van der Waals surface area contributed by atoms with Crippen molar-refractivity contribution in [2.75, 3.05) is 31.6 Å². The molecule has 0 bridgehead atoms. The number of aliphatic hydroxyl groups excluding tert-OH is 1. The second kappa shape index (κ2) is 8.43. The second-order valence-electron chi connectivity index (χ2n) is 5.51. The lowest BCUT2D eigenvalue weighted by Gasteiger charge is -2.16. The van der Waals surface area contributed by atoms with Crippen molar-refractivity contribution in [2.45, 2.75) is 30.3 Å². The van der Waals surface area contributed by atoms with E-state index in [1.807, 2.05) is 0 Å². The van der Waals surface area contributed by atoms with Crippen LogP contribution in [0, 0.1) is 0 Å². The van der Waals surface area contributed by atoms with Crippen LogP contribution in [-0.2, 0) is 14.8 Å². The zero-order valence-corrected chi connectivity index (χ0v) is 14.0. The number of carbonyl (C=O) groups is 1. The standard InChI is InChI=1S/C15H22N2O6S/c18-7-2-6-17-24(21,22)14-9-11(15(19)20)4-5-13(14)16-10-12-3-1-8-23-12/h4-5,9,12,16-18H,1-3,6-8,10H2,(H,19,20). The Kier molecular flexibility index (Phi) is 6.55. The minimum atomic E-state index is -3.89. The molecule has 1 fully saturated rings. The number of sulfonamides is 1. The van der Waals surface area contributed by atoms with Crippen LogP contribution in [0.1, 0.15) is 29.6 Å². The van der Waals surface area contributed by atoms with E-state index in [-0.39, 0.29) is 36.1 Å². The average Bonchev–Trinajstić information content (AvgIpc) is 3.06. The van der Waals surface area contributed by atoms with E-state index in [1.54, 1.807) is 0 Å². The number of carboxylic acid groups (broad SMARTS) is 1. The number of rotatable bonds is 9. The van der Waals surface area contributed by atoms with E-state index in [0.717, 1.165) is 18.9 Å². The molecule has 1 heterocycles. The van der Waals surface area contributed by atoms with E-state index in [2.05, 4.69) is 10.0 Å². The topological polar surface area (TPSA) is 125 Å². The van der Waals surface area contributed by atoms with E-state index >= 15 is 0 Å². The van der Waals surface area contributed by atoms with Crippen molar-refractivity contribution in [3.8, 4) is 0 Å². The van der Waals surface area contributed by atoms with Gasteiger partial charge in [0.2, 0.25) is 10.0 Å². The van der Waals surface area contributed by atoms with Gasteiger partial charge < -0.3 is 20.3 Å². The van der Waals surface area contributed by atoms with Gasteiger partial charge in [0, 0.05) is 26.3 Å². The zero-order valence-electron chi connectivity index (χ0n) is 13.2. The zero-order chi connectivity index (χ0) is 17.6. The molecular weight excluding hydrogens is 336 g/mol. The molecule has 0 spiro atoms. The molecule has 1 aliphatic rings. The fourth-order valence-corrected chi connectivity index (χ4v) is 3.70. The monoisotopic (exact) mass is 358 g/mol. The molecule has 0 amide bonds. The molecule has 0 aliphatic carbocycles. The summed E-state index contributed by atoms with van der Waals surface area (Å²) in [6.07, 6.45) is 2.16. The number of carboxylic acids is 1. The van der Waals surface area contributed by atoms with Gasteiger partial charge in [-0.25, -0.2) is 17.9 Å². The maximum atomic E-state index is 12.4. The molecule has 1 aliphatic heterocycles. The lowest BCUT2D eigenvalue weighted by atomic mass is 10.2. The maximum absolute atomic E-state index is 12.4. The average molecular weight is 358 g/mol. The Morgan fingerprint density at radius 2 is 2.17 bits per heavy atom. The molecule has 1 aromatic rings. The van der Waals surface area contributed by atoms with Crippen LogP contribution in [-0.4, -0.2) is 57.0 Å². The summed E-state index contributed by atoms with van der Waals surface area (Å²) in [6.45, 7) is 1.08. The lowest BCUT2D eigenvalue weighted by molar-refractivity contribution is 0.0696. The van der Waals surface area contributed by atoms with Crippen molar-refractivity contribution in [3.63, 3.8) is 0 Å². The van der Waals surface area contributed by atoms with Crippen LogP contribution in [0.2, 0.25) is 0 Å². The van der Waals surface area contributed by atoms with Gasteiger partial charge in [0.25, 0.3) is 0 Å². The third kappa shape index (κ3) is 4.91. The highest BCUT2D eigenvalue weighted by atomic mass is 32.2. The van der Waals surface area contributed by atoms with Gasteiger partial charge in [-0.2, -0.15) is 0 Å². The Morgan fingerprint density at radius 3 is 2.79 bits per heavy atom. The summed E-state index contributed by atoms with van der Waals surface area (Å²) in [5.41, 5.74) is 0.215. The van der Waals surface area contributed by atoms with Crippen LogP contribution in [0.5, 0.6) is 0 Å². The van der Waals surface area contributed by atoms with Gasteiger partial charge in [-0.3, -0.25) is 0 Å². The number of benzene rings is 1. The largest absolute Gasteiger partial charge is 0.478 e. The summed E-state index contributed by atoms with van der Waals surface area (Å²) in [5.74, 6) is -1.20. The fourth-order valence-electron chi connectivity index (χ4n) is 2.42. The first-order valence-corrected chi connectivity index (χ1v) is 9.25. The predicted molar refractivity (Wildman–Crippen MR) is 87.8 cm³/mol. The predicted octanol–water partition coefficient (Wildman–Crippen LogP) is 0.636. The summed E-state index contributed by atoms with van der Waals surface area (Å²) in [7, 11) is -3.89. The Balaban J connectivity index is 2.22. The Morgan fingerprint density at radius 1 is 1.38 bits per heavy atom. The number of ether oxygens (including phenoxy) is 1. The van der Waals surface area contributed by atoms with Crippen LogP contribution >= 0.6 is 0 Å². The highest BCUT2D eigenvalue weighted by Crippen LogP contribution is 2.24. The van der Waals surface area contributed by atoms with Gasteiger partial charge in [0.1, 0.15) is 4.90 Å². The van der Waals surface area contributed by atoms with Crippen LogP contribution in [0.15, 0.2) is 23.1 Å². The number of aromatic carboxylic acids is 1. The van der Waals surface area contributed by atoms with Crippen molar-refractivity contribution in [3.05, 3.63) is 23.8 Å². The minimum Gasteiger partial charge on any atom is -0.478 e. The molecule has 24 heavy (non-hydrogen) atoms. The molecule has 4 N–H and O–H groups in total. The first-order chi connectivity index (χ1) is 11.4. The molecule has 1 unspecified atom stereocenters. The fraction of sp³-hybridized carbons (Fsp3) is 0.533. The number of hydrogen-bond donors (Lipinski definition) is 4. The van der Waals surface area contributed by atoms with Crippen molar-refractivity contribution in [2.24, 2.45) is 0 Å². The smallest absolute Gasteiger partial charge is 0.335 e. The van der Waals surface area contributed by atoms with E-state index in [1.165, 1.54) is 12.1 Å². The molecule has 0 radical (unpaired) electrons. The summed E-state index contributed by atoms with van der Waals surface area (Å²) in [5, 5.41) is 20.9. The van der Waals surface area contributed by atoms with Gasteiger partial charge in [-0.15, -0.1) is 0 Å². The van der Waals surface area contributed by atoms with Crippen molar-refractivity contribution < 1.29 is 28.2 Å². The van der Waals surface area contributed by atoms with Crippen LogP contribution in [0.3, 0.4) is 0 Å². The summed E-state index contributed by atoms with van der Waals surface area (Å²) >= 11 is 0. The van der Waals surface area contributed by atoms with E-state index in [9.17, 15) is 13.2 Å². The van der Waals surface area contributed by atoms with Crippen molar-refractivity contribution >= 4 is 21.7 Å². The molecule has 2 rings (SSSR count). The highest BCUT2D eigenvalue weighted by molar-refractivity contribution is 7.89. The van der Waals surface area contributed by atoms with Crippen LogP contribution in [0.4, 0.5) is 5.69 Å². The molecular formula is C15H22N2O6S.